The molecule has 98 valence electrons. The molecule has 0 aliphatic rings. The van der Waals surface area contributed by atoms with Crippen LogP contribution in [0.15, 0.2) is 24.3 Å². The van der Waals surface area contributed by atoms with E-state index < -0.39 is 12.0 Å². The molecule has 2 N–H and O–H groups in total. The van der Waals surface area contributed by atoms with Gasteiger partial charge in [0.05, 0.1) is 24.4 Å². The normalized spacial score (nSPS) is 11.7. The molecule has 0 heterocycles. The Morgan fingerprint density at radius 2 is 2.06 bits per heavy atom. The summed E-state index contributed by atoms with van der Waals surface area (Å²) in [5, 5.41) is 5.84. The van der Waals surface area contributed by atoms with Crippen LogP contribution >= 0.6 is 11.6 Å². The van der Waals surface area contributed by atoms with E-state index in [0.29, 0.717) is 10.7 Å². The molecule has 6 heteroatoms. The number of ether oxygens (including phenoxy) is 1. The van der Waals surface area contributed by atoms with Crippen LogP contribution in [0.5, 0.6) is 0 Å². The van der Waals surface area contributed by atoms with Crippen LogP contribution in [-0.4, -0.2) is 31.6 Å². The van der Waals surface area contributed by atoms with E-state index in [2.05, 4.69) is 15.4 Å². The molecule has 1 atom stereocenters. The number of carbonyl (C=O) groups excluding carboxylic acids is 2. The van der Waals surface area contributed by atoms with Gasteiger partial charge >= 0.3 is 5.97 Å². The van der Waals surface area contributed by atoms with Crippen LogP contribution in [0, 0.1) is 0 Å². The summed E-state index contributed by atoms with van der Waals surface area (Å²) in [5.74, 6) is -0.695. The first kappa shape index (κ1) is 14.5. The number of nitrogens with one attached hydrogen (secondary N) is 2. The summed E-state index contributed by atoms with van der Waals surface area (Å²) in [4.78, 5) is 22.7. The number of hydrogen-bond donors (Lipinski definition) is 2. The standard InChI is InChI=1S/C12H15ClN2O3/c1-8(12(17)18-2)14-7-11(16)15-10-6-4-3-5-9(10)13/h3-6,8,14H,7H2,1-2H3,(H,15,16). The molecular formula is C12H15ClN2O3. The van der Waals surface area contributed by atoms with Gasteiger partial charge < -0.3 is 10.1 Å². The highest BCUT2D eigenvalue weighted by molar-refractivity contribution is 6.33. The van der Waals surface area contributed by atoms with Crippen LogP contribution in [0.1, 0.15) is 6.92 Å². The zero-order valence-corrected chi connectivity index (χ0v) is 11.0. The number of methoxy groups -OCH3 is 1. The van der Waals surface area contributed by atoms with Gasteiger partial charge in [0, 0.05) is 0 Å². The average molecular weight is 271 g/mol. The van der Waals surface area contributed by atoms with Crippen molar-refractivity contribution in [1.82, 2.24) is 5.32 Å². The predicted octanol–water partition coefficient (Wildman–Crippen LogP) is 1.43. The second-order valence-electron chi connectivity index (χ2n) is 3.65. The van der Waals surface area contributed by atoms with E-state index >= 15 is 0 Å². The summed E-state index contributed by atoms with van der Waals surface area (Å²) in [6.07, 6.45) is 0. The second-order valence-corrected chi connectivity index (χ2v) is 4.06. The molecule has 1 amide bonds. The number of rotatable bonds is 5. The number of anilines is 1. The van der Waals surface area contributed by atoms with E-state index in [1.165, 1.54) is 7.11 Å². The molecule has 0 aromatic heterocycles. The smallest absolute Gasteiger partial charge is 0.322 e. The molecule has 1 unspecified atom stereocenters. The quantitative estimate of drug-likeness (QED) is 0.795. The lowest BCUT2D eigenvalue weighted by Crippen LogP contribution is -2.39. The van der Waals surface area contributed by atoms with E-state index in [-0.39, 0.29) is 12.5 Å². The molecule has 18 heavy (non-hydrogen) atoms. The Morgan fingerprint density at radius 3 is 2.67 bits per heavy atom. The van der Waals surface area contributed by atoms with E-state index in [4.69, 9.17) is 11.6 Å². The minimum Gasteiger partial charge on any atom is -0.468 e. The maximum absolute atomic E-state index is 11.6. The van der Waals surface area contributed by atoms with Crippen molar-refractivity contribution in [3.63, 3.8) is 0 Å². The summed E-state index contributed by atoms with van der Waals surface area (Å²) in [6, 6.07) is 6.39. The highest BCUT2D eigenvalue weighted by atomic mass is 35.5. The van der Waals surface area contributed by atoms with Gasteiger partial charge in [-0.05, 0) is 19.1 Å². The molecule has 0 radical (unpaired) electrons. The monoisotopic (exact) mass is 270 g/mol. The van der Waals surface area contributed by atoms with Crippen molar-refractivity contribution < 1.29 is 14.3 Å². The molecular weight excluding hydrogens is 256 g/mol. The van der Waals surface area contributed by atoms with Crippen molar-refractivity contribution in [1.29, 1.82) is 0 Å². The molecule has 1 aromatic rings. The van der Waals surface area contributed by atoms with Crippen molar-refractivity contribution in [2.45, 2.75) is 13.0 Å². The lowest BCUT2D eigenvalue weighted by Gasteiger charge is -2.11. The molecule has 0 spiro atoms. The Balaban J connectivity index is 2.43. The maximum Gasteiger partial charge on any atom is 0.322 e. The highest BCUT2D eigenvalue weighted by Crippen LogP contribution is 2.19. The Morgan fingerprint density at radius 1 is 1.39 bits per heavy atom. The second kappa shape index (κ2) is 6.98. The van der Waals surface area contributed by atoms with Crippen molar-refractivity contribution >= 4 is 29.2 Å². The van der Waals surface area contributed by atoms with Crippen LogP contribution in [-0.2, 0) is 14.3 Å². The Bertz CT molecular complexity index is 437. The summed E-state index contributed by atoms with van der Waals surface area (Å²) in [6.45, 7) is 1.62. The van der Waals surface area contributed by atoms with Gasteiger partial charge in [-0.1, -0.05) is 23.7 Å². The van der Waals surface area contributed by atoms with Crippen molar-refractivity contribution in [3.8, 4) is 0 Å². The number of para-hydroxylation sites is 1. The first-order valence-electron chi connectivity index (χ1n) is 5.40. The lowest BCUT2D eigenvalue weighted by molar-refractivity contribution is -0.142. The fourth-order valence-corrected chi connectivity index (χ4v) is 1.45. The Hall–Kier alpha value is -1.59. The Labute approximate surface area is 110 Å². The van der Waals surface area contributed by atoms with Crippen LogP contribution < -0.4 is 10.6 Å². The van der Waals surface area contributed by atoms with E-state index in [1.807, 2.05) is 0 Å². The largest absolute Gasteiger partial charge is 0.468 e. The molecule has 0 saturated heterocycles. The van der Waals surface area contributed by atoms with Gasteiger partial charge in [-0.25, -0.2) is 0 Å². The number of benzene rings is 1. The highest BCUT2D eigenvalue weighted by Gasteiger charge is 2.13. The predicted molar refractivity (Wildman–Crippen MR) is 69.6 cm³/mol. The molecule has 0 aliphatic carbocycles. The fourth-order valence-electron chi connectivity index (χ4n) is 1.26. The number of hydrogen-bond acceptors (Lipinski definition) is 4. The maximum atomic E-state index is 11.6. The molecule has 0 fully saturated rings. The average Bonchev–Trinajstić information content (AvgIpc) is 2.37. The summed E-state index contributed by atoms with van der Waals surface area (Å²) >= 11 is 5.89. The summed E-state index contributed by atoms with van der Waals surface area (Å²) in [7, 11) is 1.30. The van der Waals surface area contributed by atoms with Crippen LogP contribution in [0.2, 0.25) is 5.02 Å². The lowest BCUT2D eigenvalue weighted by atomic mass is 10.3. The zero-order valence-electron chi connectivity index (χ0n) is 10.2. The van der Waals surface area contributed by atoms with Gasteiger partial charge in [0.1, 0.15) is 6.04 Å². The van der Waals surface area contributed by atoms with Gasteiger partial charge in [-0.15, -0.1) is 0 Å². The third-order valence-corrected chi connectivity index (χ3v) is 2.60. The topological polar surface area (TPSA) is 67.4 Å². The van der Waals surface area contributed by atoms with E-state index in [0.717, 1.165) is 0 Å². The summed E-state index contributed by atoms with van der Waals surface area (Å²) < 4.78 is 4.53. The number of amides is 1. The van der Waals surface area contributed by atoms with Gasteiger partial charge in [0.15, 0.2) is 0 Å². The van der Waals surface area contributed by atoms with Crippen molar-refractivity contribution in [3.05, 3.63) is 29.3 Å². The number of esters is 1. The third kappa shape index (κ3) is 4.35. The van der Waals surface area contributed by atoms with Crippen molar-refractivity contribution in [2.75, 3.05) is 19.0 Å². The SMILES string of the molecule is COC(=O)C(C)NCC(=O)Nc1ccccc1Cl. The first-order chi connectivity index (χ1) is 8.54. The molecule has 1 aromatic carbocycles. The summed E-state index contributed by atoms with van der Waals surface area (Å²) in [5.41, 5.74) is 0.539. The van der Waals surface area contributed by atoms with Crippen LogP contribution in [0.25, 0.3) is 0 Å². The minimum atomic E-state index is -0.535. The van der Waals surface area contributed by atoms with E-state index in [9.17, 15) is 9.59 Å². The zero-order chi connectivity index (χ0) is 13.5. The van der Waals surface area contributed by atoms with Crippen LogP contribution in [0.4, 0.5) is 5.69 Å². The molecule has 5 nitrogen and oxygen atoms in total. The molecule has 0 bridgehead atoms. The van der Waals surface area contributed by atoms with Gasteiger partial charge in [-0.2, -0.15) is 0 Å². The van der Waals surface area contributed by atoms with Gasteiger partial charge in [0.2, 0.25) is 5.91 Å². The van der Waals surface area contributed by atoms with Gasteiger partial charge in [0.25, 0.3) is 0 Å². The first-order valence-corrected chi connectivity index (χ1v) is 5.78. The Kier molecular flexibility index (Phi) is 5.61. The third-order valence-electron chi connectivity index (χ3n) is 2.27. The number of carbonyl (C=O) groups is 2. The molecule has 0 saturated carbocycles. The fraction of sp³-hybridized carbons (Fsp3) is 0.333. The minimum absolute atomic E-state index is 0.00148. The molecule has 0 aliphatic heterocycles. The van der Waals surface area contributed by atoms with E-state index in [1.54, 1.807) is 31.2 Å². The van der Waals surface area contributed by atoms with Crippen LogP contribution in [0.3, 0.4) is 0 Å². The number of halogens is 1. The van der Waals surface area contributed by atoms with Crippen molar-refractivity contribution in [2.24, 2.45) is 0 Å². The van der Waals surface area contributed by atoms with Gasteiger partial charge in [-0.3, -0.25) is 14.9 Å². The molecule has 1 rings (SSSR count).